The Bertz CT molecular complexity index is 836. The molecule has 0 saturated heterocycles. The van der Waals surface area contributed by atoms with Crippen molar-refractivity contribution in [1.29, 1.82) is 5.26 Å². The van der Waals surface area contributed by atoms with Crippen LogP contribution in [0.25, 0.3) is 0 Å². The molecule has 2 rings (SSSR count). The lowest BCUT2D eigenvalue weighted by Crippen LogP contribution is -2.20. The van der Waals surface area contributed by atoms with Gasteiger partial charge in [-0.25, -0.2) is 0 Å². The number of nitriles is 1. The van der Waals surface area contributed by atoms with Gasteiger partial charge >= 0.3 is 0 Å². The monoisotopic (exact) mass is 348 g/mol. The second-order valence-electron chi connectivity index (χ2n) is 5.49. The van der Waals surface area contributed by atoms with Gasteiger partial charge in [-0.15, -0.1) is 0 Å². The highest BCUT2D eigenvalue weighted by atomic mass is 16.2. The van der Waals surface area contributed by atoms with Gasteiger partial charge in [0.15, 0.2) is 0 Å². The molecular weight excluding hydrogens is 328 g/mol. The van der Waals surface area contributed by atoms with Crippen molar-refractivity contribution in [3.05, 3.63) is 66.4 Å². The van der Waals surface area contributed by atoms with Crippen LogP contribution < -0.4 is 15.5 Å². The number of para-hydroxylation sites is 1. The van der Waals surface area contributed by atoms with E-state index in [4.69, 9.17) is 0 Å². The van der Waals surface area contributed by atoms with Crippen molar-refractivity contribution < 1.29 is 9.59 Å². The Morgan fingerprint density at radius 1 is 1.04 bits per heavy atom. The van der Waals surface area contributed by atoms with Crippen molar-refractivity contribution in [2.24, 2.45) is 0 Å². The molecule has 0 aliphatic rings. The third kappa shape index (κ3) is 5.21. The summed E-state index contributed by atoms with van der Waals surface area (Å²) < 4.78 is 0. The average molecular weight is 348 g/mol. The van der Waals surface area contributed by atoms with E-state index in [2.05, 4.69) is 10.6 Å². The highest BCUT2D eigenvalue weighted by Crippen LogP contribution is 2.17. The number of amides is 2. The molecule has 0 fully saturated rings. The molecule has 0 atom stereocenters. The number of nitrogens with zero attached hydrogens (tertiary/aromatic N) is 2. The van der Waals surface area contributed by atoms with Crippen LogP contribution in [0.2, 0.25) is 0 Å². The molecule has 0 radical (unpaired) electrons. The highest BCUT2D eigenvalue weighted by Gasteiger charge is 2.12. The van der Waals surface area contributed by atoms with Gasteiger partial charge in [-0.05, 0) is 43.3 Å². The maximum Gasteiger partial charge on any atom is 0.267 e. The van der Waals surface area contributed by atoms with E-state index in [1.165, 1.54) is 13.1 Å². The third-order valence-corrected chi connectivity index (χ3v) is 3.54. The van der Waals surface area contributed by atoms with Crippen LogP contribution in [0.1, 0.15) is 13.8 Å². The van der Waals surface area contributed by atoms with E-state index in [-0.39, 0.29) is 11.5 Å². The Hall–Kier alpha value is -3.59. The van der Waals surface area contributed by atoms with Crippen molar-refractivity contribution in [3.8, 4) is 6.07 Å². The zero-order chi connectivity index (χ0) is 18.9. The SMILES string of the molecule is CCN(/C=C(/C#N)C(=O)Nc1ccc(NC(C)=O)cc1)c1ccccc1. The molecule has 0 bridgehead atoms. The molecule has 0 aromatic heterocycles. The van der Waals surface area contributed by atoms with E-state index < -0.39 is 5.91 Å². The summed E-state index contributed by atoms with van der Waals surface area (Å²) in [6.07, 6.45) is 1.54. The normalized spacial score (nSPS) is 10.6. The number of carbonyl (C=O) groups is 2. The van der Waals surface area contributed by atoms with Gasteiger partial charge in [0.25, 0.3) is 5.91 Å². The van der Waals surface area contributed by atoms with Gasteiger partial charge in [-0.3, -0.25) is 9.59 Å². The van der Waals surface area contributed by atoms with Crippen LogP contribution in [-0.4, -0.2) is 18.4 Å². The minimum Gasteiger partial charge on any atom is -0.347 e. The van der Waals surface area contributed by atoms with Crippen molar-refractivity contribution >= 4 is 28.9 Å². The number of benzene rings is 2. The fraction of sp³-hybridized carbons (Fsp3) is 0.150. The molecule has 6 heteroatoms. The van der Waals surface area contributed by atoms with Gasteiger partial charge in [0.1, 0.15) is 11.6 Å². The number of hydrogen-bond acceptors (Lipinski definition) is 4. The minimum atomic E-state index is -0.492. The van der Waals surface area contributed by atoms with E-state index in [1.54, 1.807) is 24.3 Å². The molecule has 0 aliphatic heterocycles. The molecule has 26 heavy (non-hydrogen) atoms. The lowest BCUT2D eigenvalue weighted by molar-refractivity contribution is -0.114. The average Bonchev–Trinajstić information content (AvgIpc) is 2.64. The van der Waals surface area contributed by atoms with Crippen LogP contribution in [0, 0.1) is 11.3 Å². The molecule has 2 aromatic rings. The highest BCUT2D eigenvalue weighted by molar-refractivity contribution is 6.06. The maximum atomic E-state index is 12.4. The standard InChI is InChI=1S/C20H20N4O2/c1-3-24(19-7-5-4-6-8-19)14-16(13-21)20(26)23-18-11-9-17(10-12-18)22-15(2)25/h4-12,14H,3H2,1-2H3,(H,22,25)(H,23,26)/b16-14-. The fourth-order valence-corrected chi connectivity index (χ4v) is 2.30. The van der Waals surface area contributed by atoms with Crippen LogP contribution in [0.15, 0.2) is 66.4 Å². The van der Waals surface area contributed by atoms with Crippen molar-refractivity contribution in [3.63, 3.8) is 0 Å². The van der Waals surface area contributed by atoms with Gasteiger partial charge in [-0.1, -0.05) is 18.2 Å². The summed E-state index contributed by atoms with van der Waals surface area (Å²) in [6.45, 7) is 3.98. The summed E-state index contributed by atoms with van der Waals surface area (Å²) in [5, 5.41) is 14.7. The van der Waals surface area contributed by atoms with Crippen molar-refractivity contribution in [2.45, 2.75) is 13.8 Å². The van der Waals surface area contributed by atoms with Gasteiger partial charge in [0, 0.05) is 36.7 Å². The second-order valence-corrected chi connectivity index (χ2v) is 5.49. The summed E-state index contributed by atoms with van der Waals surface area (Å²) in [7, 11) is 0. The largest absolute Gasteiger partial charge is 0.347 e. The zero-order valence-electron chi connectivity index (χ0n) is 14.7. The zero-order valence-corrected chi connectivity index (χ0v) is 14.7. The van der Waals surface area contributed by atoms with Crippen LogP contribution in [0.5, 0.6) is 0 Å². The number of hydrogen-bond donors (Lipinski definition) is 2. The number of carbonyl (C=O) groups excluding carboxylic acids is 2. The van der Waals surface area contributed by atoms with Crippen molar-refractivity contribution in [2.75, 3.05) is 22.1 Å². The topological polar surface area (TPSA) is 85.2 Å². The van der Waals surface area contributed by atoms with Crippen LogP contribution in [0.3, 0.4) is 0 Å². The first-order valence-corrected chi connectivity index (χ1v) is 8.16. The predicted molar refractivity (Wildman–Crippen MR) is 103 cm³/mol. The van der Waals surface area contributed by atoms with Gasteiger partial charge in [0.2, 0.25) is 5.91 Å². The molecular formula is C20H20N4O2. The van der Waals surface area contributed by atoms with E-state index in [9.17, 15) is 14.9 Å². The molecule has 0 heterocycles. The van der Waals surface area contributed by atoms with E-state index >= 15 is 0 Å². The fourth-order valence-electron chi connectivity index (χ4n) is 2.30. The first-order chi connectivity index (χ1) is 12.5. The Morgan fingerprint density at radius 3 is 2.12 bits per heavy atom. The van der Waals surface area contributed by atoms with E-state index in [1.807, 2.05) is 48.2 Å². The van der Waals surface area contributed by atoms with Gasteiger partial charge in [0.05, 0.1) is 0 Å². The molecule has 2 N–H and O–H groups in total. The summed E-state index contributed by atoms with van der Waals surface area (Å²) in [5.41, 5.74) is 2.07. The summed E-state index contributed by atoms with van der Waals surface area (Å²) in [6, 6.07) is 18.1. The molecule has 2 amide bonds. The Balaban J connectivity index is 2.13. The molecule has 2 aromatic carbocycles. The first-order valence-electron chi connectivity index (χ1n) is 8.16. The third-order valence-electron chi connectivity index (χ3n) is 3.54. The number of nitrogens with one attached hydrogen (secondary N) is 2. The quantitative estimate of drug-likeness (QED) is 0.618. The molecule has 132 valence electrons. The molecule has 0 saturated carbocycles. The first kappa shape index (κ1) is 18.7. The molecule has 0 aliphatic carbocycles. The van der Waals surface area contributed by atoms with Gasteiger partial charge < -0.3 is 15.5 Å². The number of anilines is 3. The Morgan fingerprint density at radius 2 is 1.62 bits per heavy atom. The van der Waals surface area contributed by atoms with E-state index in [0.717, 1.165) is 5.69 Å². The number of rotatable bonds is 6. The Kier molecular flexibility index (Phi) is 6.52. The van der Waals surface area contributed by atoms with Crippen LogP contribution >= 0.6 is 0 Å². The molecule has 6 nitrogen and oxygen atoms in total. The lowest BCUT2D eigenvalue weighted by Gasteiger charge is -2.18. The Labute approximate surface area is 152 Å². The molecule has 0 unspecified atom stereocenters. The van der Waals surface area contributed by atoms with Crippen LogP contribution in [0.4, 0.5) is 17.1 Å². The molecule has 0 spiro atoms. The summed E-state index contributed by atoms with van der Waals surface area (Å²) in [4.78, 5) is 25.2. The second kappa shape index (κ2) is 9.04. The van der Waals surface area contributed by atoms with Crippen LogP contribution in [-0.2, 0) is 9.59 Å². The maximum absolute atomic E-state index is 12.4. The van der Waals surface area contributed by atoms with Crippen molar-refractivity contribution in [1.82, 2.24) is 0 Å². The van der Waals surface area contributed by atoms with E-state index in [0.29, 0.717) is 17.9 Å². The lowest BCUT2D eigenvalue weighted by atomic mass is 10.2. The summed E-state index contributed by atoms with van der Waals surface area (Å²) in [5.74, 6) is -0.661. The minimum absolute atomic E-state index is 0.00152. The predicted octanol–water partition coefficient (Wildman–Crippen LogP) is 3.52. The smallest absolute Gasteiger partial charge is 0.267 e. The summed E-state index contributed by atoms with van der Waals surface area (Å²) >= 11 is 0. The van der Waals surface area contributed by atoms with Gasteiger partial charge in [-0.2, -0.15) is 5.26 Å².